The summed E-state index contributed by atoms with van der Waals surface area (Å²) < 4.78 is 0. The summed E-state index contributed by atoms with van der Waals surface area (Å²) in [6, 6.07) is 0. The molecule has 1 heteroatoms. The summed E-state index contributed by atoms with van der Waals surface area (Å²) in [5.74, 6) is 0. The Morgan fingerprint density at radius 3 is 2.43 bits per heavy atom. The van der Waals surface area contributed by atoms with E-state index in [9.17, 15) is 0 Å². The quantitative estimate of drug-likeness (QED) is 0.611. The number of rotatable bonds is 0. The molecule has 0 amide bonds. The van der Waals surface area contributed by atoms with Gasteiger partial charge in [0.2, 0.25) is 0 Å². The monoisotopic (exact) mass is 189 g/mol. The molecule has 1 aromatic heterocycles. The summed E-state index contributed by atoms with van der Waals surface area (Å²) in [6.07, 6.45) is 5.88. The van der Waals surface area contributed by atoms with E-state index in [2.05, 4.69) is 38.9 Å². The third kappa shape index (κ3) is 1.45. The van der Waals surface area contributed by atoms with Crippen molar-refractivity contribution in [1.82, 2.24) is 4.98 Å². The second-order valence-electron chi connectivity index (χ2n) is 5.32. The molecule has 14 heavy (non-hydrogen) atoms. The number of nitrogens with zero attached hydrogens (tertiary/aromatic N) is 1. The Kier molecular flexibility index (Phi) is 2.13. The third-order valence-electron chi connectivity index (χ3n) is 3.17. The fourth-order valence-corrected chi connectivity index (χ4v) is 2.40. The highest BCUT2D eigenvalue weighted by Crippen LogP contribution is 2.33. The number of aromatic nitrogens is 1. The molecular weight excluding hydrogens is 170 g/mol. The second-order valence-corrected chi connectivity index (χ2v) is 5.32. The summed E-state index contributed by atoms with van der Waals surface area (Å²) >= 11 is 0. The van der Waals surface area contributed by atoms with E-state index in [1.165, 1.54) is 36.1 Å². The van der Waals surface area contributed by atoms with Gasteiger partial charge in [-0.05, 0) is 48.3 Å². The molecule has 2 rings (SSSR count). The Morgan fingerprint density at radius 1 is 1.14 bits per heavy atom. The first-order valence-electron chi connectivity index (χ1n) is 5.48. The highest BCUT2D eigenvalue weighted by atomic mass is 14.7. The van der Waals surface area contributed by atoms with E-state index in [0.717, 1.165) is 0 Å². The zero-order chi connectivity index (χ0) is 10.3. The van der Waals surface area contributed by atoms with Crippen LogP contribution in [0.15, 0.2) is 6.20 Å². The SMILES string of the molecule is Cc1ncc(C(C)(C)C)c2c1CCC2. The van der Waals surface area contributed by atoms with E-state index in [0.29, 0.717) is 0 Å². The van der Waals surface area contributed by atoms with Crippen molar-refractivity contribution >= 4 is 0 Å². The molecule has 0 aliphatic heterocycles. The smallest absolute Gasteiger partial charge is 0.0407 e. The molecule has 1 aromatic rings. The predicted octanol–water partition coefficient (Wildman–Crippen LogP) is 3.18. The largest absolute Gasteiger partial charge is 0.261 e. The molecule has 76 valence electrons. The maximum Gasteiger partial charge on any atom is 0.0407 e. The zero-order valence-electron chi connectivity index (χ0n) is 9.65. The highest BCUT2D eigenvalue weighted by Gasteiger charge is 2.24. The van der Waals surface area contributed by atoms with Gasteiger partial charge in [-0.1, -0.05) is 20.8 Å². The minimum atomic E-state index is 0.245. The van der Waals surface area contributed by atoms with Gasteiger partial charge in [0, 0.05) is 11.9 Å². The van der Waals surface area contributed by atoms with Crippen molar-refractivity contribution in [3.63, 3.8) is 0 Å². The number of fused-ring (bicyclic) bond motifs is 1. The lowest BCUT2D eigenvalue weighted by atomic mass is 9.83. The van der Waals surface area contributed by atoms with Gasteiger partial charge >= 0.3 is 0 Å². The lowest BCUT2D eigenvalue weighted by molar-refractivity contribution is 0.580. The van der Waals surface area contributed by atoms with Gasteiger partial charge < -0.3 is 0 Å². The van der Waals surface area contributed by atoms with Gasteiger partial charge in [-0.2, -0.15) is 0 Å². The Morgan fingerprint density at radius 2 is 1.79 bits per heavy atom. The molecule has 1 aliphatic rings. The minimum absolute atomic E-state index is 0.245. The van der Waals surface area contributed by atoms with Crippen LogP contribution in [0.2, 0.25) is 0 Å². The molecule has 1 heterocycles. The molecule has 0 spiro atoms. The number of pyridine rings is 1. The number of hydrogen-bond acceptors (Lipinski definition) is 1. The van der Waals surface area contributed by atoms with Gasteiger partial charge in [0.1, 0.15) is 0 Å². The Labute approximate surface area is 86.6 Å². The first-order valence-corrected chi connectivity index (χ1v) is 5.48. The minimum Gasteiger partial charge on any atom is -0.261 e. The molecule has 1 aliphatic carbocycles. The van der Waals surface area contributed by atoms with E-state index in [1.54, 1.807) is 5.56 Å². The molecule has 0 N–H and O–H groups in total. The van der Waals surface area contributed by atoms with Crippen LogP contribution in [0.1, 0.15) is 49.6 Å². The maximum atomic E-state index is 4.52. The summed E-state index contributed by atoms with van der Waals surface area (Å²) in [4.78, 5) is 4.52. The summed E-state index contributed by atoms with van der Waals surface area (Å²) in [5.41, 5.74) is 6.05. The van der Waals surface area contributed by atoms with E-state index < -0.39 is 0 Å². The molecule has 0 bridgehead atoms. The average Bonchev–Trinajstić information content (AvgIpc) is 2.50. The van der Waals surface area contributed by atoms with Crippen LogP contribution in [-0.2, 0) is 18.3 Å². The molecule has 0 radical (unpaired) electrons. The molecule has 0 saturated carbocycles. The number of hydrogen-bond donors (Lipinski definition) is 0. The molecule has 0 fully saturated rings. The van der Waals surface area contributed by atoms with Gasteiger partial charge in [-0.25, -0.2) is 0 Å². The molecular formula is C13H19N. The van der Waals surface area contributed by atoms with Crippen LogP contribution in [0.5, 0.6) is 0 Å². The predicted molar refractivity (Wildman–Crippen MR) is 59.7 cm³/mol. The molecule has 0 atom stereocenters. The molecule has 1 nitrogen and oxygen atoms in total. The normalized spacial score (nSPS) is 15.7. The third-order valence-corrected chi connectivity index (χ3v) is 3.17. The summed E-state index contributed by atoms with van der Waals surface area (Å²) in [6.45, 7) is 8.96. The Hall–Kier alpha value is -0.850. The van der Waals surface area contributed by atoms with E-state index in [1.807, 2.05) is 0 Å². The Balaban J connectivity index is 2.60. The first-order chi connectivity index (χ1) is 6.50. The van der Waals surface area contributed by atoms with Crippen molar-refractivity contribution in [3.8, 4) is 0 Å². The van der Waals surface area contributed by atoms with E-state index in [-0.39, 0.29) is 5.41 Å². The number of aryl methyl sites for hydroxylation is 1. The first kappa shape index (κ1) is 9.70. The molecule has 0 saturated heterocycles. The second kappa shape index (κ2) is 3.08. The van der Waals surface area contributed by atoms with Crippen LogP contribution in [-0.4, -0.2) is 4.98 Å². The van der Waals surface area contributed by atoms with Crippen molar-refractivity contribution < 1.29 is 0 Å². The van der Waals surface area contributed by atoms with Crippen LogP contribution in [0.3, 0.4) is 0 Å². The molecule has 0 aromatic carbocycles. The van der Waals surface area contributed by atoms with Crippen molar-refractivity contribution in [2.24, 2.45) is 0 Å². The van der Waals surface area contributed by atoms with Crippen molar-refractivity contribution in [3.05, 3.63) is 28.6 Å². The van der Waals surface area contributed by atoms with Crippen molar-refractivity contribution in [2.75, 3.05) is 0 Å². The molecule has 0 unspecified atom stereocenters. The van der Waals surface area contributed by atoms with Crippen molar-refractivity contribution in [2.45, 2.75) is 52.4 Å². The summed E-state index contributed by atoms with van der Waals surface area (Å²) in [5, 5.41) is 0. The Bertz CT molecular complexity index is 358. The van der Waals surface area contributed by atoms with Crippen LogP contribution in [0, 0.1) is 6.92 Å². The maximum absolute atomic E-state index is 4.52. The topological polar surface area (TPSA) is 12.9 Å². The highest BCUT2D eigenvalue weighted by molar-refractivity contribution is 5.42. The average molecular weight is 189 g/mol. The summed E-state index contributed by atoms with van der Waals surface area (Å²) in [7, 11) is 0. The van der Waals surface area contributed by atoms with E-state index in [4.69, 9.17) is 0 Å². The standard InChI is InChI=1S/C13H19N/c1-9-10-6-5-7-11(10)12(8-14-9)13(2,3)4/h8H,5-7H2,1-4H3. The lowest BCUT2D eigenvalue weighted by Gasteiger charge is -2.22. The van der Waals surface area contributed by atoms with E-state index >= 15 is 0 Å². The van der Waals surface area contributed by atoms with Crippen LogP contribution in [0.25, 0.3) is 0 Å². The van der Waals surface area contributed by atoms with Gasteiger partial charge in [0.05, 0.1) is 0 Å². The fourth-order valence-electron chi connectivity index (χ4n) is 2.40. The van der Waals surface area contributed by atoms with Gasteiger partial charge in [-0.3, -0.25) is 4.98 Å². The van der Waals surface area contributed by atoms with Gasteiger partial charge in [0.25, 0.3) is 0 Å². The van der Waals surface area contributed by atoms with Crippen molar-refractivity contribution in [1.29, 1.82) is 0 Å². The van der Waals surface area contributed by atoms with Crippen LogP contribution < -0.4 is 0 Å². The fraction of sp³-hybridized carbons (Fsp3) is 0.615. The zero-order valence-corrected chi connectivity index (χ0v) is 9.65. The van der Waals surface area contributed by atoms with Gasteiger partial charge in [-0.15, -0.1) is 0 Å². The van der Waals surface area contributed by atoms with Crippen LogP contribution in [0.4, 0.5) is 0 Å². The van der Waals surface area contributed by atoms with Gasteiger partial charge in [0.15, 0.2) is 0 Å². The van der Waals surface area contributed by atoms with Crippen LogP contribution >= 0.6 is 0 Å². The lowest BCUT2D eigenvalue weighted by Crippen LogP contribution is -2.15.